The first-order valence-electron chi connectivity index (χ1n) is 11.1. The van der Waals surface area contributed by atoms with Crippen molar-refractivity contribution in [1.29, 1.82) is 0 Å². The zero-order chi connectivity index (χ0) is 22.2. The average Bonchev–Trinajstić information content (AvgIpc) is 2.62. The molecule has 0 aliphatic heterocycles. The Labute approximate surface area is 182 Å². The molecule has 0 spiro atoms. The lowest BCUT2D eigenvalue weighted by atomic mass is 10.5. The topological polar surface area (TPSA) is 64.6 Å². The van der Waals surface area contributed by atoms with Crippen molar-refractivity contribution in [2.45, 2.75) is 73.5 Å². The van der Waals surface area contributed by atoms with Crippen LogP contribution in [0.3, 0.4) is 0 Å². The Balaban J connectivity index is 5.45. The summed E-state index contributed by atoms with van der Waals surface area (Å²) in [6, 6.07) is 0. The van der Waals surface area contributed by atoms with Gasteiger partial charge >= 0.3 is 25.7 Å². The van der Waals surface area contributed by atoms with Gasteiger partial charge in [0.2, 0.25) is 0 Å². The summed E-state index contributed by atoms with van der Waals surface area (Å²) in [4.78, 5) is 0. The van der Waals surface area contributed by atoms with Gasteiger partial charge in [0.1, 0.15) is 0 Å². The highest BCUT2D eigenvalue weighted by atomic mass is 28.5. The Morgan fingerprint density at radius 1 is 0.483 bits per heavy atom. The first kappa shape index (κ1) is 29.4. The van der Waals surface area contributed by atoms with Crippen molar-refractivity contribution in [3.05, 3.63) is 0 Å². The highest BCUT2D eigenvalue weighted by Gasteiger charge is 2.49. The molecule has 0 saturated heterocycles. The first-order chi connectivity index (χ1) is 13.7. The van der Waals surface area contributed by atoms with Crippen LogP contribution in [-0.2, 0) is 31.3 Å². The molecule has 0 heterocycles. The SMILES string of the molecule is CCCOC[Si](C)(OCC)O[Si](C)(COCCC)O[Si](C)(COCCC)OCC. The average molecular weight is 471 g/mol. The van der Waals surface area contributed by atoms with Crippen LogP contribution in [0, 0.1) is 0 Å². The van der Waals surface area contributed by atoms with Crippen LogP contribution in [0.5, 0.6) is 0 Å². The molecule has 10 heteroatoms. The normalized spacial score (nSPS) is 18.2. The molecule has 0 aromatic carbocycles. The monoisotopic (exact) mass is 470 g/mol. The van der Waals surface area contributed by atoms with E-state index in [9.17, 15) is 0 Å². The van der Waals surface area contributed by atoms with Crippen molar-refractivity contribution in [3.63, 3.8) is 0 Å². The van der Waals surface area contributed by atoms with E-state index in [2.05, 4.69) is 27.3 Å². The molecular weight excluding hydrogens is 424 g/mol. The van der Waals surface area contributed by atoms with E-state index in [1.165, 1.54) is 0 Å². The highest BCUT2D eigenvalue weighted by molar-refractivity contribution is 6.85. The van der Waals surface area contributed by atoms with E-state index >= 15 is 0 Å². The summed E-state index contributed by atoms with van der Waals surface area (Å²) in [6.45, 7) is 19.6. The summed E-state index contributed by atoms with van der Waals surface area (Å²) >= 11 is 0. The summed E-state index contributed by atoms with van der Waals surface area (Å²) in [6.07, 6.45) is 4.27. The maximum Gasteiger partial charge on any atom is 0.352 e. The van der Waals surface area contributed by atoms with Crippen molar-refractivity contribution in [1.82, 2.24) is 0 Å². The molecule has 0 bridgehead atoms. The minimum atomic E-state index is -2.76. The summed E-state index contributed by atoms with van der Waals surface area (Å²) in [5, 5.41) is 0. The molecule has 0 fully saturated rings. The molecule has 7 nitrogen and oxygen atoms in total. The summed E-state index contributed by atoms with van der Waals surface area (Å²) in [5.41, 5.74) is 0. The van der Waals surface area contributed by atoms with E-state index in [0.717, 1.165) is 19.3 Å². The first-order valence-corrected chi connectivity index (χ1v) is 18.7. The van der Waals surface area contributed by atoms with Gasteiger partial charge < -0.3 is 31.3 Å². The maximum atomic E-state index is 6.69. The van der Waals surface area contributed by atoms with Crippen LogP contribution in [0.4, 0.5) is 0 Å². The van der Waals surface area contributed by atoms with Gasteiger partial charge in [0.15, 0.2) is 0 Å². The molecule has 0 N–H and O–H groups in total. The number of hydrogen-bond donors (Lipinski definition) is 0. The smallest absolute Gasteiger partial charge is 0.352 e. The van der Waals surface area contributed by atoms with Gasteiger partial charge in [-0.15, -0.1) is 0 Å². The number of rotatable bonds is 20. The van der Waals surface area contributed by atoms with E-state index in [4.69, 9.17) is 31.3 Å². The van der Waals surface area contributed by atoms with Crippen molar-refractivity contribution >= 4 is 25.7 Å². The molecular formula is C19H46O7Si3. The van der Waals surface area contributed by atoms with Gasteiger partial charge in [-0.05, 0) is 52.8 Å². The number of hydrogen-bond acceptors (Lipinski definition) is 7. The molecule has 0 aliphatic carbocycles. The van der Waals surface area contributed by atoms with Gasteiger partial charge in [-0.1, -0.05) is 20.8 Å². The number of ether oxygens (including phenoxy) is 3. The van der Waals surface area contributed by atoms with E-state index < -0.39 is 25.7 Å². The maximum absolute atomic E-state index is 6.69. The lowest BCUT2D eigenvalue weighted by Gasteiger charge is -2.41. The predicted molar refractivity (Wildman–Crippen MR) is 124 cm³/mol. The van der Waals surface area contributed by atoms with Crippen LogP contribution in [0.2, 0.25) is 19.6 Å². The third kappa shape index (κ3) is 13.4. The van der Waals surface area contributed by atoms with Crippen LogP contribution >= 0.6 is 0 Å². The third-order valence-electron chi connectivity index (χ3n) is 3.90. The molecule has 0 rings (SSSR count). The lowest BCUT2D eigenvalue weighted by molar-refractivity contribution is 0.0979. The van der Waals surface area contributed by atoms with Gasteiger partial charge in [-0.3, -0.25) is 0 Å². The minimum absolute atomic E-state index is 0.438. The zero-order valence-corrected chi connectivity index (χ0v) is 23.1. The van der Waals surface area contributed by atoms with Gasteiger partial charge in [0.05, 0.1) is 18.7 Å². The molecule has 29 heavy (non-hydrogen) atoms. The van der Waals surface area contributed by atoms with Crippen LogP contribution in [0.25, 0.3) is 0 Å². The summed E-state index contributed by atoms with van der Waals surface area (Å²) in [7, 11) is -7.93. The molecule has 0 aromatic rings. The minimum Gasteiger partial charge on any atom is -0.412 e. The van der Waals surface area contributed by atoms with E-state index in [-0.39, 0.29) is 0 Å². The largest absolute Gasteiger partial charge is 0.412 e. The fourth-order valence-corrected chi connectivity index (χ4v) is 15.2. The van der Waals surface area contributed by atoms with Gasteiger partial charge in [-0.2, -0.15) is 0 Å². The van der Waals surface area contributed by atoms with E-state index in [1.807, 2.05) is 26.9 Å². The Morgan fingerprint density at radius 3 is 1.07 bits per heavy atom. The fraction of sp³-hybridized carbons (Fsp3) is 1.00. The van der Waals surface area contributed by atoms with Crippen molar-refractivity contribution in [2.24, 2.45) is 0 Å². The molecule has 0 aromatic heterocycles. The van der Waals surface area contributed by atoms with E-state index in [1.54, 1.807) is 0 Å². The molecule has 0 aliphatic rings. The molecule has 0 radical (unpaired) electrons. The fourth-order valence-electron chi connectivity index (χ4n) is 3.01. The van der Waals surface area contributed by atoms with Crippen molar-refractivity contribution in [3.8, 4) is 0 Å². The third-order valence-corrected chi connectivity index (χ3v) is 14.8. The van der Waals surface area contributed by atoms with Crippen LogP contribution in [0.1, 0.15) is 53.9 Å². The lowest BCUT2D eigenvalue weighted by Crippen LogP contribution is -2.63. The van der Waals surface area contributed by atoms with Gasteiger partial charge in [0.25, 0.3) is 0 Å². The Hall–Kier alpha value is 0.371. The zero-order valence-electron chi connectivity index (χ0n) is 20.1. The summed E-state index contributed by atoms with van der Waals surface area (Å²) in [5.74, 6) is 0. The van der Waals surface area contributed by atoms with Gasteiger partial charge in [0, 0.05) is 33.0 Å². The second kappa shape index (κ2) is 16.1. The second-order valence-electron chi connectivity index (χ2n) is 7.63. The quantitative estimate of drug-likeness (QED) is 0.195. The summed E-state index contributed by atoms with van der Waals surface area (Å²) < 4.78 is 43.1. The Bertz CT molecular complexity index is 378. The van der Waals surface area contributed by atoms with Crippen LogP contribution in [0.15, 0.2) is 0 Å². The molecule has 0 amide bonds. The van der Waals surface area contributed by atoms with E-state index in [0.29, 0.717) is 51.7 Å². The Kier molecular flexibility index (Phi) is 16.3. The molecule has 2 atom stereocenters. The Morgan fingerprint density at radius 2 is 0.793 bits per heavy atom. The van der Waals surface area contributed by atoms with Crippen molar-refractivity contribution in [2.75, 3.05) is 51.7 Å². The van der Waals surface area contributed by atoms with Crippen molar-refractivity contribution < 1.29 is 31.3 Å². The molecule has 176 valence electrons. The second-order valence-corrected chi connectivity index (χ2v) is 17.5. The van der Waals surface area contributed by atoms with Crippen LogP contribution < -0.4 is 0 Å². The molecule has 2 unspecified atom stereocenters. The highest BCUT2D eigenvalue weighted by Crippen LogP contribution is 2.23. The van der Waals surface area contributed by atoms with Gasteiger partial charge in [-0.25, -0.2) is 0 Å². The standard InChI is InChI=1S/C19H46O7Si3/c1-9-14-20-17-27(6,23-12-4)25-29(8,19-22-16-11-3)26-28(7,24-13-5)18-21-15-10-2/h9-19H2,1-8H3. The predicted octanol–water partition coefficient (Wildman–Crippen LogP) is 4.21. The van der Waals surface area contributed by atoms with Crippen LogP contribution in [-0.4, -0.2) is 77.4 Å². The molecule has 0 saturated carbocycles.